The van der Waals surface area contributed by atoms with E-state index in [2.05, 4.69) is 17.3 Å². The highest BCUT2D eigenvalue weighted by Crippen LogP contribution is 2.58. The van der Waals surface area contributed by atoms with Crippen LogP contribution in [0, 0.1) is 0 Å². The van der Waals surface area contributed by atoms with Crippen molar-refractivity contribution in [2.75, 3.05) is 20.6 Å². The fraction of sp³-hybridized carbons (Fsp3) is 0.667. The van der Waals surface area contributed by atoms with Crippen molar-refractivity contribution in [2.24, 2.45) is 0 Å². The standard InChI is InChI=1S/C18H26N2O3/c1-19-14-9-18(23)16-7-11-3-4-12(21)8-13(11)17(18,10-15(14)22)5-6-20(16)2/h3-4,8,14-16,19,21-23H,5-7,9-10H2,1-2H3. The molecule has 5 atom stereocenters. The number of phenols is 1. The lowest BCUT2D eigenvalue weighted by Crippen LogP contribution is -2.75. The third kappa shape index (κ3) is 1.88. The van der Waals surface area contributed by atoms with Gasteiger partial charge >= 0.3 is 0 Å². The zero-order valence-corrected chi connectivity index (χ0v) is 13.8. The molecule has 3 aliphatic rings. The Hall–Kier alpha value is -1.14. The third-order valence-corrected chi connectivity index (χ3v) is 6.75. The minimum absolute atomic E-state index is 0.0524. The van der Waals surface area contributed by atoms with E-state index in [0.29, 0.717) is 12.8 Å². The van der Waals surface area contributed by atoms with Crippen LogP contribution in [-0.4, -0.2) is 64.6 Å². The van der Waals surface area contributed by atoms with Gasteiger partial charge in [0.25, 0.3) is 0 Å². The molecule has 2 fully saturated rings. The van der Waals surface area contributed by atoms with Gasteiger partial charge in [-0.25, -0.2) is 0 Å². The quantitative estimate of drug-likeness (QED) is 0.602. The van der Waals surface area contributed by atoms with Crippen LogP contribution in [0.4, 0.5) is 0 Å². The number of nitrogens with zero attached hydrogens (tertiary/aromatic N) is 1. The molecule has 2 bridgehead atoms. The molecule has 1 saturated heterocycles. The number of benzene rings is 1. The molecule has 0 radical (unpaired) electrons. The average molecular weight is 318 g/mol. The average Bonchev–Trinajstić information content (AvgIpc) is 2.52. The SMILES string of the molecule is CNC1CC2(O)C3Cc4ccc(O)cc4C2(CCN3C)CC1O. The van der Waals surface area contributed by atoms with Gasteiger partial charge in [-0.1, -0.05) is 6.07 Å². The minimum Gasteiger partial charge on any atom is -0.508 e. The van der Waals surface area contributed by atoms with Crippen molar-refractivity contribution in [3.63, 3.8) is 0 Å². The fourth-order valence-electron chi connectivity index (χ4n) is 5.50. The molecule has 5 nitrogen and oxygen atoms in total. The van der Waals surface area contributed by atoms with E-state index in [1.165, 1.54) is 5.56 Å². The van der Waals surface area contributed by atoms with Crippen LogP contribution in [0.15, 0.2) is 18.2 Å². The molecule has 23 heavy (non-hydrogen) atoms. The maximum Gasteiger partial charge on any atom is 0.115 e. The molecule has 0 spiro atoms. The molecule has 1 aromatic rings. The number of hydrogen-bond acceptors (Lipinski definition) is 5. The third-order valence-electron chi connectivity index (χ3n) is 6.75. The summed E-state index contributed by atoms with van der Waals surface area (Å²) in [6.07, 6.45) is 2.18. The second kappa shape index (κ2) is 4.93. The van der Waals surface area contributed by atoms with Crippen molar-refractivity contribution in [2.45, 2.75) is 54.9 Å². The number of nitrogens with one attached hydrogen (secondary N) is 1. The molecule has 0 amide bonds. The first-order valence-corrected chi connectivity index (χ1v) is 8.51. The summed E-state index contributed by atoms with van der Waals surface area (Å²) in [5, 5.41) is 35.6. The van der Waals surface area contributed by atoms with Gasteiger partial charge < -0.3 is 25.5 Å². The Labute approximate surface area is 136 Å². The fourth-order valence-corrected chi connectivity index (χ4v) is 5.50. The molecule has 1 heterocycles. The molecule has 1 saturated carbocycles. The van der Waals surface area contributed by atoms with Gasteiger partial charge in [-0.05, 0) is 69.6 Å². The molecule has 4 rings (SSSR count). The second-order valence-electron chi connectivity index (χ2n) is 7.67. The molecule has 1 aliphatic heterocycles. The molecular weight excluding hydrogens is 292 g/mol. The maximum atomic E-state index is 11.8. The summed E-state index contributed by atoms with van der Waals surface area (Å²) in [6, 6.07) is 5.48. The highest BCUT2D eigenvalue weighted by Gasteiger charge is 2.65. The van der Waals surface area contributed by atoms with Crippen molar-refractivity contribution >= 4 is 0 Å². The van der Waals surface area contributed by atoms with Gasteiger partial charge in [0.15, 0.2) is 0 Å². The first-order chi connectivity index (χ1) is 10.9. The number of piperidine rings is 1. The lowest BCUT2D eigenvalue weighted by atomic mass is 9.48. The van der Waals surface area contributed by atoms with Crippen LogP contribution in [0.1, 0.15) is 30.4 Å². The van der Waals surface area contributed by atoms with Crippen molar-refractivity contribution in [1.82, 2.24) is 10.2 Å². The second-order valence-corrected chi connectivity index (χ2v) is 7.67. The van der Waals surface area contributed by atoms with Gasteiger partial charge in [0, 0.05) is 17.5 Å². The van der Waals surface area contributed by atoms with E-state index in [9.17, 15) is 15.3 Å². The molecule has 5 unspecified atom stereocenters. The van der Waals surface area contributed by atoms with E-state index < -0.39 is 17.1 Å². The number of rotatable bonds is 1. The van der Waals surface area contributed by atoms with Crippen molar-refractivity contribution in [3.05, 3.63) is 29.3 Å². The number of likely N-dealkylation sites (tertiary alicyclic amines) is 1. The number of aromatic hydroxyl groups is 1. The summed E-state index contributed by atoms with van der Waals surface area (Å²) < 4.78 is 0. The Morgan fingerprint density at radius 2 is 2.09 bits per heavy atom. The Morgan fingerprint density at radius 3 is 2.83 bits per heavy atom. The number of likely N-dealkylation sites (N-methyl/N-ethyl adjacent to an activating group) is 2. The Bertz CT molecular complexity index is 637. The van der Waals surface area contributed by atoms with E-state index in [1.54, 1.807) is 6.07 Å². The molecule has 1 aromatic carbocycles. The van der Waals surface area contributed by atoms with Gasteiger partial charge in [-0.3, -0.25) is 0 Å². The van der Waals surface area contributed by atoms with E-state index in [-0.39, 0.29) is 17.8 Å². The highest BCUT2D eigenvalue weighted by atomic mass is 16.3. The van der Waals surface area contributed by atoms with Crippen LogP contribution >= 0.6 is 0 Å². The molecule has 5 heteroatoms. The summed E-state index contributed by atoms with van der Waals surface area (Å²) >= 11 is 0. The molecular formula is C18H26N2O3. The summed E-state index contributed by atoms with van der Waals surface area (Å²) in [5.74, 6) is 0.239. The normalized spacial score (nSPS) is 42.9. The van der Waals surface area contributed by atoms with Gasteiger partial charge in [-0.15, -0.1) is 0 Å². The van der Waals surface area contributed by atoms with Crippen LogP contribution in [0.5, 0.6) is 5.75 Å². The predicted molar refractivity (Wildman–Crippen MR) is 87.6 cm³/mol. The summed E-state index contributed by atoms with van der Waals surface area (Å²) in [6.45, 7) is 0.902. The first-order valence-electron chi connectivity index (χ1n) is 8.51. The zero-order valence-electron chi connectivity index (χ0n) is 13.8. The minimum atomic E-state index is -0.881. The number of aliphatic hydroxyl groups excluding tert-OH is 1. The lowest BCUT2D eigenvalue weighted by Gasteiger charge is -2.65. The maximum absolute atomic E-state index is 11.8. The van der Waals surface area contributed by atoms with Gasteiger partial charge in [0.1, 0.15) is 5.75 Å². The Morgan fingerprint density at radius 1 is 1.30 bits per heavy atom. The summed E-state index contributed by atoms with van der Waals surface area (Å²) in [5.41, 5.74) is 0.883. The van der Waals surface area contributed by atoms with Gasteiger partial charge in [0.05, 0.1) is 11.7 Å². The van der Waals surface area contributed by atoms with E-state index in [4.69, 9.17) is 0 Å². The van der Waals surface area contributed by atoms with Crippen LogP contribution in [0.25, 0.3) is 0 Å². The van der Waals surface area contributed by atoms with Crippen molar-refractivity contribution in [1.29, 1.82) is 0 Å². The van der Waals surface area contributed by atoms with Crippen molar-refractivity contribution < 1.29 is 15.3 Å². The summed E-state index contributed by atoms with van der Waals surface area (Å²) in [4.78, 5) is 2.26. The Kier molecular flexibility index (Phi) is 3.30. The number of aliphatic hydroxyl groups is 2. The smallest absolute Gasteiger partial charge is 0.115 e. The predicted octanol–water partition coefficient (Wildman–Crippen LogP) is 0.364. The number of phenolic OH excluding ortho intramolecular Hbond substituents is 1. The number of hydrogen-bond donors (Lipinski definition) is 4. The lowest BCUT2D eigenvalue weighted by molar-refractivity contribution is -0.184. The van der Waals surface area contributed by atoms with E-state index in [0.717, 1.165) is 24.9 Å². The Balaban J connectivity index is 1.92. The van der Waals surface area contributed by atoms with Gasteiger partial charge in [0.2, 0.25) is 0 Å². The van der Waals surface area contributed by atoms with E-state index in [1.807, 2.05) is 19.2 Å². The van der Waals surface area contributed by atoms with E-state index >= 15 is 0 Å². The highest BCUT2D eigenvalue weighted by molar-refractivity contribution is 5.48. The topological polar surface area (TPSA) is 76.0 Å². The monoisotopic (exact) mass is 318 g/mol. The largest absolute Gasteiger partial charge is 0.508 e. The molecule has 0 aromatic heterocycles. The molecule has 126 valence electrons. The molecule has 2 aliphatic carbocycles. The zero-order chi connectivity index (χ0) is 16.4. The van der Waals surface area contributed by atoms with Gasteiger partial charge in [-0.2, -0.15) is 0 Å². The first kappa shape index (κ1) is 15.4. The number of fused-ring (bicyclic) bond motifs is 1. The van der Waals surface area contributed by atoms with Crippen LogP contribution in [0.3, 0.4) is 0 Å². The summed E-state index contributed by atoms with van der Waals surface area (Å²) in [7, 11) is 3.93. The molecule has 4 N–H and O–H groups in total. The van der Waals surface area contributed by atoms with Crippen molar-refractivity contribution in [3.8, 4) is 5.75 Å². The van der Waals surface area contributed by atoms with Crippen LogP contribution in [-0.2, 0) is 11.8 Å². The van der Waals surface area contributed by atoms with Crippen LogP contribution in [0.2, 0.25) is 0 Å². The van der Waals surface area contributed by atoms with Crippen LogP contribution < -0.4 is 5.32 Å².